The van der Waals surface area contributed by atoms with Crippen LogP contribution in [0.5, 0.6) is 0 Å². The Bertz CT molecular complexity index is 3790. The highest BCUT2D eigenvalue weighted by molar-refractivity contribution is 5.96. The van der Waals surface area contributed by atoms with Crippen LogP contribution in [-0.2, 0) is 6.42 Å². The predicted octanol–water partition coefficient (Wildman–Crippen LogP) is 15.2. The zero-order valence-electron chi connectivity index (χ0n) is 34.9. The summed E-state index contributed by atoms with van der Waals surface area (Å²) in [5.74, 6) is 1.08. The molecule has 13 rings (SSSR count). The molecule has 0 spiro atoms. The topological polar surface area (TPSA) is 35.1 Å². The Morgan fingerprint density at radius 2 is 0.969 bits per heavy atom. The van der Waals surface area contributed by atoms with E-state index in [-0.39, 0.29) is 5.92 Å². The zero-order chi connectivity index (χ0) is 42.1. The van der Waals surface area contributed by atoms with Crippen molar-refractivity contribution in [2.75, 3.05) is 0 Å². The molecule has 0 saturated heterocycles. The van der Waals surface area contributed by atoms with E-state index in [1.165, 1.54) is 82.6 Å². The normalized spacial score (nSPS) is 13.7. The number of rotatable bonds is 6. The van der Waals surface area contributed by atoms with Gasteiger partial charge in [-0.1, -0.05) is 158 Å². The maximum absolute atomic E-state index is 4.67. The summed E-state index contributed by atoms with van der Waals surface area (Å²) in [5.41, 5.74) is 15.5. The number of nitrogens with zero attached hydrogens (tertiary/aromatic N) is 4. The number of allylic oxidation sites excluding steroid dienone is 1. The van der Waals surface area contributed by atoms with Gasteiger partial charge in [-0.2, -0.15) is 0 Å². The van der Waals surface area contributed by atoms with E-state index in [1.807, 2.05) is 0 Å². The van der Waals surface area contributed by atoms with Crippen LogP contribution in [0.2, 0.25) is 0 Å². The van der Waals surface area contributed by atoms with E-state index in [0.29, 0.717) is 0 Å². The molecule has 3 heterocycles. The van der Waals surface area contributed by atoms with Crippen molar-refractivity contribution in [1.82, 2.24) is 19.2 Å². The second kappa shape index (κ2) is 14.6. The highest BCUT2D eigenvalue weighted by Gasteiger charge is 2.25. The Labute approximate surface area is 370 Å². The molecule has 0 radical (unpaired) electrons. The Morgan fingerprint density at radius 3 is 1.64 bits per heavy atom. The fourth-order valence-corrected chi connectivity index (χ4v) is 10.0. The van der Waals surface area contributed by atoms with Crippen LogP contribution in [0.4, 0.5) is 0 Å². The van der Waals surface area contributed by atoms with Crippen LogP contribution in [0, 0.1) is 0 Å². The first-order valence-electron chi connectivity index (χ1n) is 22.1. The fraction of sp³-hybridized carbons (Fsp3) is 0.0333. The first-order chi connectivity index (χ1) is 31.7. The van der Waals surface area contributed by atoms with Gasteiger partial charge >= 0.3 is 0 Å². The van der Waals surface area contributed by atoms with E-state index in [0.717, 1.165) is 39.9 Å². The number of fused-ring (bicyclic) bond motifs is 8. The highest BCUT2D eigenvalue weighted by Crippen LogP contribution is 2.41. The van der Waals surface area contributed by atoms with Gasteiger partial charge in [0.05, 0.1) is 5.52 Å². The third kappa shape index (κ3) is 6.06. The van der Waals surface area contributed by atoms with Crippen molar-refractivity contribution in [2.24, 2.45) is 0 Å². The average molecular weight is 817 g/mol. The summed E-state index contributed by atoms with van der Waals surface area (Å²) in [6.07, 6.45) is 7.73. The third-order valence-corrected chi connectivity index (χ3v) is 13.4. The second-order valence-corrected chi connectivity index (χ2v) is 17.1. The van der Waals surface area contributed by atoms with E-state index in [4.69, 9.17) is 0 Å². The molecule has 0 aliphatic heterocycles. The van der Waals surface area contributed by atoms with E-state index < -0.39 is 0 Å². The summed E-state index contributed by atoms with van der Waals surface area (Å²) < 4.78 is 4.53. The van der Waals surface area contributed by atoms with Gasteiger partial charge in [0, 0.05) is 39.8 Å². The van der Waals surface area contributed by atoms with Crippen molar-refractivity contribution >= 4 is 54.9 Å². The Kier molecular flexibility index (Phi) is 8.31. The number of pyridine rings is 1. The number of benzene rings is 9. The fourth-order valence-electron chi connectivity index (χ4n) is 10.0. The van der Waals surface area contributed by atoms with Gasteiger partial charge in [-0.3, -0.25) is 4.40 Å². The van der Waals surface area contributed by atoms with Crippen LogP contribution < -0.4 is 0 Å². The molecule has 300 valence electrons. The molecule has 0 saturated carbocycles. The Hall–Kier alpha value is -8.34. The van der Waals surface area contributed by atoms with Crippen molar-refractivity contribution in [2.45, 2.75) is 12.3 Å². The molecule has 3 aromatic heterocycles. The lowest BCUT2D eigenvalue weighted by Crippen LogP contribution is -2.07. The summed E-state index contributed by atoms with van der Waals surface area (Å²) in [4.78, 5) is 0. The minimum absolute atomic E-state index is 0.252. The molecule has 9 aromatic carbocycles. The highest BCUT2D eigenvalue weighted by atomic mass is 15.2. The average Bonchev–Trinajstić information content (AvgIpc) is 3.95. The Balaban J connectivity index is 0.875. The molecule has 0 bridgehead atoms. The van der Waals surface area contributed by atoms with Crippen LogP contribution in [-0.4, -0.2) is 19.2 Å². The zero-order valence-corrected chi connectivity index (χ0v) is 34.9. The lowest BCUT2D eigenvalue weighted by Gasteiger charge is -2.20. The van der Waals surface area contributed by atoms with Gasteiger partial charge in [0.2, 0.25) is 0 Å². The first-order valence-corrected chi connectivity index (χ1v) is 22.1. The summed E-state index contributed by atoms with van der Waals surface area (Å²) in [5, 5.41) is 17.9. The molecule has 0 N–H and O–H groups in total. The standard InChI is InChI=1S/C60H40N4/c1-3-10-47-35-49(23-21-39(47)7-1)41-13-17-43(18-14-41)51-27-31-57-55(37-51)56-38-52(44-19-15-42(16-20-44)50-24-22-40-8-2-4-11-48(40)36-50)28-32-58(56)64(57)53-29-25-46(26-30-53)59-61-62-60-54-12-6-5-9-45(54)33-34-63(59)60/h1-37,52H,38H2. The van der Waals surface area contributed by atoms with Crippen LogP contribution in [0.25, 0.3) is 105 Å². The minimum Gasteiger partial charge on any atom is -0.310 e. The number of hydrogen-bond acceptors (Lipinski definition) is 2. The van der Waals surface area contributed by atoms with Gasteiger partial charge < -0.3 is 4.57 Å². The quantitative estimate of drug-likeness (QED) is 0.168. The van der Waals surface area contributed by atoms with Crippen molar-refractivity contribution in [1.29, 1.82) is 0 Å². The maximum atomic E-state index is 4.67. The van der Waals surface area contributed by atoms with Gasteiger partial charge in [-0.15, -0.1) is 10.2 Å². The summed E-state index contributed by atoms with van der Waals surface area (Å²) in [6, 6.07) is 75.2. The summed E-state index contributed by atoms with van der Waals surface area (Å²) in [6.45, 7) is 0. The van der Waals surface area contributed by atoms with Crippen molar-refractivity contribution < 1.29 is 0 Å². The van der Waals surface area contributed by atoms with Crippen molar-refractivity contribution in [3.05, 3.63) is 235 Å². The third-order valence-electron chi connectivity index (χ3n) is 13.4. The van der Waals surface area contributed by atoms with Crippen LogP contribution in [0.15, 0.2) is 219 Å². The molecule has 1 unspecified atom stereocenters. The predicted molar refractivity (Wildman–Crippen MR) is 266 cm³/mol. The minimum atomic E-state index is 0.252. The van der Waals surface area contributed by atoms with E-state index >= 15 is 0 Å². The van der Waals surface area contributed by atoms with Gasteiger partial charge in [0.15, 0.2) is 11.5 Å². The molecule has 4 nitrogen and oxygen atoms in total. The molecule has 0 fully saturated rings. The second-order valence-electron chi connectivity index (χ2n) is 17.1. The van der Waals surface area contributed by atoms with Crippen LogP contribution in [0.1, 0.15) is 22.7 Å². The molecule has 1 atom stereocenters. The van der Waals surface area contributed by atoms with E-state index in [1.54, 1.807) is 0 Å². The largest absolute Gasteiger partial charge is 0.310 e. The molecule has 12 aromatic rings. The van der Waals surface area contributed by atoms with Gasteiger partial charge in [0.1, 0.15) is 0 Å². The molecule has 1 aliphatic carbocycles. The molecule has 1 aliphatic rings. The SMILES string of the molecule is C1=CC(c2ccc(-c3ccc4ccccc4c3)cc2)Cc2c1n(-c1ccc(-c3nnc4c5ccccc5ccn34)cc1)c1ccc(-c3ccc(-c4ccc5ccccc5c4)cc3)cc21. The van der Waals surface area contributed by atoms with Crippen LogP contribution >= 0.6 is 0 Å². The summed E-state index contributed by atoms with van der Waals surface area (Å²) >= 11 is 0. The maximum Gasteiger partial charge on any atom is 0.168 e. The smallest absolute Gasteiger partial charge is 0.168 e. The molecule has 4 heteroatoms. The number of hydrogen-bond donors (Lipinski definition) is 0. The van der Waals surface area contributed by atoms with Crippen LogP contribution in [0.3, 0.4) is 0 Å². The molecular weight excluding hydrogens is 777 g/mol. The van der Waals surface area contributed by atoms with Gasteiger partial charge in [-0.05, 0) is 139 Å². The summed E-state index contributed by atoms with van der Waals surface area (Å²) in [7, 11) is 0. The van der Waals surface area contributed by atoms with Gasteiger partial charge in [-0.25, -0.2) is 0 Å². The van der Waals surface area contributed by atoms with Crippen molar-refractivity contribution in [3.63, 3.8) is 0 Å². The molecular formula is C60H40N4. The van der Waals surface area contributed by atoms with E-state index in [9.17, 15) is 0 Å². The Morgan fingerprint density at radius 1 is 0.422 bits per heavy atom. The van der Waals surface area contributed by atoms with E-state index in [2.05, 4.69) is 244 Å². The van der Waals surface area contributed by atoms with Gasteiger partial charge in [0.25, 0.3) is 0 Å². The molecule has 64 heavy (non-hydrogen) atoms. The molecule has 0 amide bonds. The van der Waals surface area contributed by atoms with Crippen molar-refractivity contribution in [3.8, 4) is 50.5 Å². The first kappa shape index (κ1) is 36.3. The number of aromatic nitrogens is 4. The lowest BCUT2D eigenvalue weighted by molar-refractivity contribution is 0.825. The lowest BCUT2D eigenvalue weighted by atomic mass is 9.85. The monoisotopic (exact) mass is 816 g/mol.